The minimum Gasteiger partial charge on any atom is -0.276 e. The van der Waals surface area contributed by atoms with Gasteiger partial charge in [-0.1, -0.05) is 0 Å². The molecule has 1 aromatic heterocycles. The number of hydrogen-bond donors (Lipinski definition) is 0. The summed E-state index contributed by atoms with van der Waals surface area (Å²) in [6, 6.07) is 3.16. The summed E-state index contributed by atoms with van der Waals surface area (Å²) in [6.45, 7) is 0. The van der Waals surface area contributed by atoms with Gasteiger partial charge in [-0.15, -0.1) is 10.0 Å². The summed E-state index contributed by atoms with van der Waals surface area (Å²) in [5.41, 5.74) is 0.329. The summed E-state index contributed by atoms with van der Waals surface area (Å²) in [7, 11) is 0. The molecule has 88 valence electrons. The van der Waals surface area contributed by atoms with Crippen molar-refractivity contribution in [3.05, 3.63) is 24.5 Å². The van der Waals surface area contributed by atoms with Crippen LogP contribution in [-0.4, -0.2) is 28.3 Å². The minimum atomic E-state index is -0.467. The highest BCUT2D eigenvalue weighted by atomic mass is 16.8. The van der Waals surface area contributed by atoms with Gasteiger partial charge in [0.15, 0.2) is 0 Å². The molecule has 0 radical (unpaired) electrons. The van der Waals surface area contributed by atoms with Crippen LogP contribution in [0.15, 0.2) is 24.5 Å². The molecule has 0 unspecified atom stereocenters. The molecule has 0 bridgehead atoms. The van der Waals surface area contributed by atoms with Crippen molar-refractivity contribution in [2.75, 3.05) is 5.06 Å². The van der Waals surface area contributed by atoms with Crippen LogP contribution < -0.4 is 5.06 Å². The summed E-state index contributed by atoms with van der Waals surface area (Å²) < 4.78 is 0. The van der Waals surface area contributed by atoms with E-state index >= 15 is 0 Å². The van der Waals surface area contributed by atoms with Crippen LogP contribution in [-0.2, 0) is 19.3 Å². The van der Waals surface area contributed by atoms with Gasteiger partial charge in [-0.25, -0.2) is 0 Å². The molecule has 1 aliphatic rings. The molecule has 2 heterocycles. The van der Waals surface area contributed by atoms with Crippen molar-refractivity contribution in [1.29, 1.82) is 0 Å². The minimum absolute atomic E-state index is 0.0958. The maximum atomic E-state index is 11.3. The molecule has 1 fully saturated rings. The molecule has 3 amide bonds. The number of carbonyl (C=O) groups is 3. The van der Waals surface area contributed by atoms with E-state index in [0.717, 1.165) is 5.06 Å². The average Bonchev–Trinajstić information content (AvgIpc) is 2.68. The molecule has 0 aliphatic carbocycles. The number of carbonyl (C=O) groups excluding carboxylic acids is 3. The van der Waals surface area contributed by atoms with Gasteiger partial charge in [0.1, 0.15) is 0 Å². The molecule has 7 heteroatoms. The van der Waals surface area contributed by atoms with Crippen molar-refractivity contribution >= 4 is 23.9 Å². The lowest BCUT2D eigenvalue weighted by molar-refractivity contribution is -0.191. The zero-order chi connectivity index (χ0) is 12.3. The lowest BCUT2D eigenvalue weighted by Gasteiger charge is -2.20. The van der Waals surface area contributed by atoms with E-state index in [-0.39, 0.29) is 12.8 Å². The van der Waals surface area contributed by atoms with Crippen molar-refractivity contribution in [3.8, 4) is 0 Å². The Morgan fingerprint density at radius 3 is 2.59 bits per heavy atom. The van der Waals surface area contributed by atoms with Gasteiger partial charge in [0.25, 0.3) is 11.8 Å². The number of aromatic nitrogens is 1. The molecule has 0 N–H and O–H groups in total. The van der Waals surface area contributed by atoms with Crippen LogP contribution in [0.4, 0.5) is 5.69 Å². The summed E-state index contributed by atoms with van der Waals surface area (Å²) in [6.07, 6.45) is 3.45. The van der Waals surface area contributed by atoms with E-state index in [4.69, 9.17) is 4.94 Å². The van der Waals surface area contributed by atoms with Gasteiger partial charge in [0.2, 0.25) is 6.41 Å². The summed E-state index contributed by atoms with van der Waals surface area (Å²) in [4.78, 5) is 42.1. The fourth-order valence-corrected chi connectivity index (χ4v) is 1.35. The smallest absolute Gasteiger partial charge is 0.256 e. The van der Waals surface area contributed by atoms with E-state index in [0.29, 0.717) is 17.2 Å². The van der Waals surface area contributed by atoms with E-state index < -0.39 is 11.8 Å². The lowest BCUT2D eigenvalue weighted by Crippen LogP contribution is -2.38. The predicted octanol–water partition coefficient (Wildman–Crippen LogP) is 0.0400. The first kappa shape index (κ1) is 11.2. The first-order valence-electron chi connectivity index (χ1n) is 4.91. The first-order valence-corrected chi connectivity index (χ1v) is 4.91. The number of hydroxylamine groups is 3. The largest absolute Gasteiger partial charge is 0.276 e. The number of nitrogens with zero attached hydrogens (tertiary/aromatic N) is 3. The first-order chi connectivity index (χ1) is 8.22. The van der Waals surface area contributed by atoms with Crippen LogP contribution in [0.3, 0.4) is 0 Å². The quantitative estimate of drug-likeness (QED) is 0.418. The van der Waals surface area contributed by atoms with Gasteiger partial charge in [0, 0.05) is 19.0 Å². The Balaban J connectivity index is 2.13. The van der Waals surface area contributed by atoms with Gasteiger partial charge in [-0.3, -0.25) is 19.4 Å². The second-order valence-corrected chi connectivity index (χ2v) is 3.31. The normalized spacial score (nSPS) is 15.2. The number of pyridine rings is 1. The van der Waals surface area contributed by atoms with Crippen LogP contribution in [0.2, 0.25) is 0 Å². The second kappa shape index (κ2) is 4.71. The molecule has 2 rings (SSSR count). The lowest BCUT2D eigenvalue weighted by atomic mass is 10.4. The highest BCUT2D eigenvalue weighted by Crippen LogP contribution is 2.17. The highest BCUT2D eigenvalue weighted by molar-refractivity contribution is 6.00. The van der Waals surface area contributed by atoms with Crippen LogP contribution in [0.1, 0.15) is 12.8 Å². The van der Waals surface area contributed by atoms with Crippen LogP contribution >= 0.6 is 0 Å². The van der Waals surface area contributed by atoms with Gasteiger partial charge in [0.05, 0.1) is 11.9 Å². The summed E-state index contributed by atoms with van der Waals surface area (Å²) in [5.74, 6) is -0.934. The van der Waals surface area contributed by atoms with Crippen LogP contribution in [0.5, 0.6) is 0 Å². The average molecular weight is 235 g/mol. The zero-order valence-electron chi connectivity index (χ0n) is 8.78. The van der Waals surface area contributed by atoms with Crippen molar-refractivity contribution in [3.63, 3.8) is 0 Å². The number of rotatable bonds is 4. The topological polar surface area (TPSA) is 79.8 Å². The zero-order valence-corrected chi connectivity index (χ0v) is 8.78. The summed E-state index contributed by atoms with van der Waals surface area (Å²) >= 11 is 0. The second-order valence-electron chi connectivity index (χ2n) is 3.31. The van der Waals surface area contributed by atoms with Crippen LogP contribution in [0.25, 0.3) is 0 Å². The molecule has 0 aromatic carbocycles. The van der Waals surface area contributed by atoms with Crippen molar-refractivity contribution in [1.82, 2.24) is 10.0 Å². The van der Waals surface area contributed by atoms with Gasteiger partial charge in [-0.2, -0.15) is 5.06 Å². The van der Waals surface area contributed by atoms with Gasteiger partial charge < -0.3 is 0 Å². The number of amides is 3. The van der Waals surface area contributed by atoms with Gasteiger partial charge in [-0.05, 0) is 12.1 Å². The SMILES string of the molecule is O=CN(ON1C(=O)CCC1=O)c1cccnc1. The molecular weight excluding hydrogens is 226 g/mol. The van der Waals surface area contributed by atoms with Gasteiger partial charge >= 0.3 is 0 Å². The molecule has 7 nitrogen and oxygen atoms in total. The molecule has 1 aliphatic heterocycles. The fourth-order valence-electron chi connectivity index (χ4n) is 1.35. The predicted molar refractivity (Wildman–Crippen MR) is 55.0 cm³/mol. The maximum absolute atomic E-state index is 11.3. The third kappa shape index (κ3) is 2.28. The van der Waals surface area contributed by atoms with Crippen molar-refractivity contribution in [2.24, 2.45) is 0 Å². The Kier molecular flexibility index (Phi) is 3.10. The molecule has 1 saturated heterocycles. The third-order valence-electron chi connectivity index (χ3n) is 2.17. The fraction of sp³-hybridized carbons (Fsp3) is 0.200. The van der Waals surface area contributed by atoms with E-state index in [1.165, 1.54) is 12.4 Å². The molecular formula is C10H9N3O4. The van der Waals surface area contributed by atoms with E-state index in [9.17, 15) is 14.4 Å². The number of hydrogen-bond acceptors (Lipinski definition) is 5. The Morgan fingerprint density at radius 2 is 2.06 bits per heavy atom. The Hall–Kier alpha value is -2.28. The van der Waals surface area contributed by atoms with Crippen LogP contribution in [0, 0.1) is 0 Å². The Bertz CT molecular complexity index is 432. The van der Waals surface area contributed by atoms with E-state index in [1.807, 2.05) is 0 Å². The number of imide groups is 1. The molecule has 0 saturated carbocycles. The Morgan fingerprint density at radius 1 is 1.35 bits per heavy atom. The van der Waals surface area contributed by atoms with E-state index in [1.54, 1.807) is 12.1 Å². The maximum Gasteiger partial charge on any atom is 0.256 e. The molecule has 1 aromatic rings. The summed E-state index contributed by atoms with van der Waals surface area (Å²) in [5, 5.41) is 1.36. The highest BCUT2D eigenvalue weighted by Gasteiger charge is 2.32. The number of anilines is 1. The monoisotopic (exact) mass is 235 g/mol. The molecule has 17 heavy (non-hydrogen) atoms. The standard InChI is InChI=1S/C10H9N3O4/c14-7-12(8-2-1-5-11-6-8)17-13-9(15)3-4-10(13)16/h1-2,5-7H,3-4H2. The van der Waals surface area contributed by atoms with Crippen molar-refractivity contribution < 1.29 is 19.3 Å². The Labute approximate surface area is 96.5 Å². The third-order valence-corrected chi connectivity index (χ3v) is 2.17. The van der Waals surface area contributed by atoms with Crippen molar-refractivity contribution in [2.45, 2.75) is 12.8 Å². The van der Waals surface area contributed by atoms with E-state index in [2.05, 4.69) is 4.98 Å². The molecule has 0 atom stereocenters. The molecule has 0 spiro atoms.